The van der Waals surface area contributed by atoms with E-state index in [0.717, 1.165) is 62.3 Å². The van der Waals surface area contributed by atoms with E-state index in [4.69, 9.17) is 0 Å². The van der Waals surface area contributed by atoms with Crippen LogP contribution in [-0.2, 0) is 0 Å². The second-order valence-corrected chi connectivity index (χ2v) is 35.1. The fourth-order valence-corrected chi connectivity index (χ4v) is 18.6. The van der Waals surface area contributed by atoms with Gasteiger partial charge in [-0.2, -0.15) is 0 Å². The number of nitrogens with zero attached hydrogens (tertiary/aromatic N) is 6. The van der Waals surface area contributed by atoms with Crippen LogP contribution in [0.1, 0.15) is 27.8 Å². The number of rotatable bonds is 16. The Labute approximate surface area is 809 Å². The summed E-state index contributed by atoms with van der Waals surface area (Å²) in [5, 5.41) is 20.0. The lowest BCUT2D eigenvalue weighted by Gasteiger charge is -2.28. The van der Waals surface area contributed by atoms with E-state index in [2.05, 4.69) is 586 Å². The molecule has 6 nitrogen and oxygen atoms in total. The number of fused-ring (bicyclic) bond motifs is 8. The molecule has 0 unspecified atom stereocenters. The Morgan fingerprint density at radius 3 is 0.775 bits per heavy atom. The first-order chi connectivity index (χ1) is 68.0. The average molecular weight is 1770 g/mol. The molecule has 24 aromatic rings. The van der Waals surface area contributed by atoms with Crippen LogP contribution in [0.15, 0.2) is 540 Å². The highest BCUT2D eigenvalue weighted by atomic mass is 15.2. The minimum absolute atomic E-state index is 1.11. The Morgan fingerprint density at radius 2 is 0.384 bits per heavy atom. The summed E-state index contributed by atoms with van der Waals surface area (Å²) in [5.41, 5.74) is 26.1. The number of anilines is 15. The SMILES string of the molecule is Cc1ccc(N(c2cccc3ccccc23)c2cccc3ccccc23)cc1.Cc1ccc(N(c2ccccc2)c2cccc3ccccc23)cc1.Cc1ccc2cc(N(c3ccc4ccccc4c3)c3ccc4ccccc4c3)ccc2c1.Cc1ccc2cc(N(c3ccccc3)c3ccccc3)ccc2c1.Cc1cccc(N(c2cccc(-c3cccnc3)c2)c2ccc3ccccc3c2)c1. The zero-order valence-corrected chi connectivity index (χ0v) is 78.1. The predicted octanol–water partition coefficient (Wildman–Crippen LogP) is 37.6. The standard InChI is InChI=1S/C31H23N.C28H22N2.C27H21N.2C23H19N/c1-22-10-11-28-21-31(17-14-27(28)18-22)32(29-15-12-23-6-2-4-8-25(23)19-29)30-16-13-24-7-3-5-9-26(24)20-30;1-21-7-4-12-26(17-21)30(28-15-14-22-8-2-3-9-23(22)18-28)27-13-5-10-24(19-27)25-11-6-16-29-20-25;1-20-16-18-23(19-17-20)28(26-14-6-10-21-8-2-4-12-24(21)26)27-15-7-11-22-9-3-5-13-25(22)27;1-18-12-13-20-17-23(15-14-19(20)16-18)24(21-8-4-2-5-9-21)22-10-6-3-7-11-22;1-18-14-16-21(17-15-18)24(20-10-3-2-4-11-20)23-13-7-9-19-8-5-6-12-22(19)23/h2-21H,1H3;2-20H,1H3;2-19H,1H3;2*2-17H,1H3. The predicted molar refractivity (Wildman–Crippen MR) is 593 cm³/mol. The van der Waals surface area contributed by atoms with Gasteiger partial charge in [0, 0.05) is 102 Å². The van der Waals surface area contributed by atoms with E-state index in [0.29, 0.717) is 0 Å². The first kappa shape index (κ1) is 88.2. The fraction of sp³-hybridized carbons (Fsp3) is 0.0379. The molecular formula is C132H104N6. The Bertz CT molecular complexity index is 8140. The number of hydrogen-bond acceptors (Lipinski definition) is 6. The molecule has 0 fully saturated rings. The summed E-state index contributed by atoms with van der Waals surface area (Å²) in [6, 6.07) is 188. The zero-order chi connectivity index (χ0) is 93.5. The molecule has 0 bridgehead atoms. The second kappa shape index (κ2) is 41.2. The largest absolute Gasteiger partial charge is 0.310 e. The first-order valence-corrected chi connectivity index (χ1v) is 47.2. The molecule has 662 valence electrons. The molecule has 6 heteroatoms. The van der Waals surface area contributed by atoms with Crippen molar-refractivity contribution >= 4 is 171 Å². The van der Waals surface area contributed by atoms with Crippen LogP contribution in [0.4, 0.5) is 85.3 Å². The van der Waals surface area contributed by atoms with Gasteiger partial charge in [0.2, 0.25) is 0 Å². The van der Waals surface area contributed by atoms with Gasteiger partial charge < -0.3 is 24.5 Å². The number of hydrogen-bond donors (Lipinski definition) is 0. The molecule has 0 aliphatic heterocycles. The van der Waals surface area contributed by atoms with Crippen LogP contribution in [-0.4, -0.2) is 4.98 Å². The topological polar surface area (TPSA) is 29.1 Å². The normalized spacial score (nSPS) is 10.9. The molecule has 23 aromatic carbocycles. The summed E-state index contributed by atoms with van der Waals surface area (Å²) in [5.74, 6) is 0. The minimum atomic E-state index is 1.11. The van der Waals surface area contributed by atoms with Crippen molar-refractivity contribution in [2.75, 3.05) is 24.5 Å². The zero-order valence-electron chi connectivity index (χ0n) is 78.1. The van der Waals surface area contributed by atoms with Crippen molar-refractivity contribution in [2.45, 2.75) is 34.6 Å². The lowest BCUT2D eigenvalue weighted by atomic mass is 10.0. The summed E-state index contributed by atoms with van der Waals surface area (Å²) in [7, 11) is 0. The van der Waals surface area contributed by atoms with Gasteiger partial charge in [-0.3, -0.25) is 4.98 Å². The van der Waals surface area contributed by atoms with Crippen molar-refractivity contribution in [3.05, 3.63) is 568 Å². The summed E-state index contributed by atoms with van der Waals surface area (Å²) in [4.78, 5) is 16.0. The molecular weight excluding hydrogens is 1670 g/mol. The van der Waals surface area contributed by atoms with E-state index in [1.54, 1.807) is 0 Å². The molecule has 0 radical (unpaired) electrons. The van der Waals surface area contributed by atoms with Gasteiger partial charge in [-0.15, -0.1) is 0 Å². The number of aromatic nitrogens is 1. The van der Waals surface area contributed by atoms with Crippen LogP contribution in [0.3, 0.4) is 0 Å². The van der Waals surface area contributed by atoms with Crippen molar-refractivity contribution in [2.24, 2.45) is 0 Å². The Morgan fingerprint density at radius 1 is 0.138 bits per heavy atom. The smallest absolute Gasteiger partial charge is 0.0540 e. The second-order valence-electron chi connectivity index (χ2n) is 35.1. The number of aryl methyl sites for hydroxylation is 5. The molecule has 0 aliphatic rings. The van der Waals surface area contributed by atoms with Gasteiger partial charge in [0.1, 0.15) is 0 Å². The van der Waals surface area contributed by atoms with Crippen molar-refractivity contribution in [1.29, 1.82) is 0 Å². The fourth-order valence-electron chi connectivity index (χ4n) is 18.6. The van der Waals surface area contributed by atoms with Crippen LogP contribution in [0.2, 0.25) is 0 Å². The number of pyridine rings is 1. The molecule has 138 heavy (non-hydrogen) atoms. The molecule has 24 rings (SSSR count). The van der Waals surface area contributed by atoms with E-state index in [-0.39, 0.29) is 0 Å². The third-order valence-corrected chi connectivity index (χ3v) is 25.5. The van der Waals surface area contributed by atoms with Crippen LogP contribution in [0.25, 0.3) is 97.3 Å². The van der Waals surface area contributed by atoms with Crippen LogP contribution < -0.4 is 24.5 Å². The van der Waals surface area contributed by atoms with E-state index < -0.39 is 0 Å². The van der Waals surface area contributed by atoms with Crippen LogP contribution >= 0.6 is 0 Å². The maximum absolute atomic E-state index is 4.28. The molecule has 0 aliphatic carbocycles. The van der Waals surface area contributed by atoms with Crippen molar-refractivity contribution in [1.82, 2.24) is 4.98 Å². The first-order valence-electron chi connectivity index (χ1n) is 47.2. The molecule has 1 heterocycles. The maximum Gasteiger partial charge on any atom is 0.0540 e. The molecule has 0 amide bonds. The third kappa shape index (κ3) is 20.0. The molecule has 0 saturated carbocycles. The number of benzene rings is 23. The summed E-state index contributed by atoms with van der Waals surface area (Å²) in [6.45, 7) is 10.7. The summed E-state index contributed by atoms with van der Waals surface area (Å²) < 4.78 is 0. The van der Waals surface area contributed by atoms with Gasteiger partial charge in [-0.05, 0) is 286 Å². The molecule has 0 saturated heterocycles. The Hall–Kier alpha value is -17.7. The average Bonchev–Trinajstić information content (AvgIpc) is 0.741. The highest BCUT2D eigenvalue weighted by molar-refractivity contribution is 6.06. The van der Waals surface area contributed by atoms with Crippen molar-refractivity contribution in [3.8, 4) is 11.1 Å². The monoisotopic (exact) mass is 1770 g/mol. The molecule has 0 N–H and O–H groups in total. The van der Waals surface area contributed by atoms with Gasteiger partial charge in [0.25, 0.3) is 0 Å². The highest BCUT2D eigenvalue weighted by Gasteiger charge is 2.22. The van der Waals surface area contributed by atoms with Crippen molar-refractivity contribution < 1.29 is 0 Å². The lowest BCUT2D eigenvalue weighted by Crippen LogP contribution is -2.11. The number of para-hydroxylation sites is 3. The minimum Gasteiger partial charge on any atom is -0.310 e. The van der Waals surface area contributed by atoms with Gasteiger partial charge in [-0.25, -0.2) is 0 Å². The van der Waals surface area contributed by atoms with E-state index in [1.165, 1.54) is 148 Å². The molecule has 0 spiro atoms. The van der Waals surface area contributed by atoms with Crippen molar-refractivity contribution in [3.63, 3.8) is 0 Å². The van der Waals surface area contributed by atoms with Gasteiger partial charge in [-0.1, -0.05) is 380 Å². The van der Waals surface area contributed by atoms with Gasteiger partial charge in [0.15, 0.2) is 0 Å². The third-order valence-electron chi connectivity index (χ3n) is 25.5. The molecule has 0 atom stereocenters. The molecule has 1 aromatic heterocycles. The Kier molecular flexibility index (Phi) is 26.3. The van der Waals surface area contributed by atoms with Gasteiger partial charge >= 0.3 is 0 Å². The van der Waals surface area contributed by atoms with E-state index >= 15 is 0 Å². The maximum atomic E-state index is 4.28. The van der Waals surface area contributed by atoms with E-state index in [1.807, 2.05) is 18.5 Å². The van der Waals surface area contributed by atoms with E-state index in [9.17, 15) is 0 Å². The Balaban J connectivity index is 0.000000107. The summed E-state index contributed by atoms with van der Waals surface area (Å²) in [6.07, 6.45) is 3.72. The quantitative estimate of drug-likeness (QED) is 0.0958. The van der Waals surface area contributed by atoms with Gasteiger partial charge in [0.05, 0.1) is 17.1 Å². The highest BCUT2D eigenvalue weighted by Crippen LogP contribution is 2.46. The summed E-state index contributed by atoms with van der Waals surface area (Å²) >= 11 is 0. The van der Waals surface area contributed by atoms with Crippen LogP contribution in [0.5, 0.6) is 0 Å². The van der Waals surface area contributed by atoms with Crippen LogP contribution in [0, 0.1) is 34.6 Å². The lowest BCUT2D eigenvalue weighted by molar-refractivity contribution is 1.27.